The highest BCUT2D eigenvalue weighted by Gasteiger charge is 2.48. The molecule has 1 unspecified atom stereocenters. The van der Waals surface area contributed by atoms with Gasteiger partial charge in [0.15, 0.2) is 0 Å². The Morgan fingerprint density at radius 3 is 1.96 bits per heavy atom. The van der Waals surface area contributed by atoms with E-state index in [2.05, 4.69) is 53.8 Å². The number of anilines is 1. The van der Waals surface area contributed by atoms with Crippen molar-refractivity contribution in [2.45, 2.75) is 67.7 Å². The van der Waals surface area contributed by atoms with E-state index in [0.29, 0.717) is 0 Å². The molecule has 1 rings (SSSR count). The monoisotopic (exact) mass is 319 g/mol. The van der Waals surface area contributed by atoms with Crippen molar-refractivity contribution < 1.29 is 9.90 Å². The minimum absolute atomic E-state index is 0.0524. The quantitative estimate of drug-likeness (QED) is 0.643. The van der Waals surface area contributed by atoms with E-state index in [-0.39, 0.29) is 22.5 Å². The zero-order valence-electron chi connectivity index (χ0n) is 15.8. The van der Waals surface area contributed by atoms with E-state index in [1.54, 1.807) is 24.3 Å². The molecule has 0 radical (unpaired) electrons. The van der Waals surface area contributed by atoms with Gasteiger partial charge in [-0.25, -0.2) is 0 Å². The van der Waals surface area contributed by atoms with Crippen LogP contribution in [0, 0.1) is 16.2 Å². The second-order valence-corrected chi connectivity index (χ2v) is 8.27. The predicted octanol–water partition coefficient (Wildman–Crippen LogP) is 5.60. The summed E-state index contributed by atoms with van der Waals surface area (Å²) >= 11 is 0. The van der Waals surface area contributed by atoms with Gasteiger partial charge in [-0.15, -0.1) is 0 Å². The average molecular weight is 319 g/mol. The van der Waals surface area contributed by atoms with Gasteiger partial charge in [0.05, 0.1) is 5.41 Å². The number of benzene rings is 1. The Balaban J connectivity index is 3.13. The molecule has 0 spiro atoms. The number of phenolic OH excluding ortho intramolecular Hbond substituents is 1. The zero-order chi connectivity index (χ0) is 17.9. The van der Waals surface area contributed by atoms with Crippen LogP contribution < -0.4 is 5.32 Å². The summed E-state index contributed by atoms with van der Waals surface area (Å²) in [6, 6.07) is 6.65. The Hall–Kier alpha value is -1.51. The Morgan fingerprint density at radius 2 is 1.52 bits per heavy atom. The van der Waals surface area contributed by atoms with Gasteiger partial charge in [0.1, 0.15) is 5.75 Å². The van der Waals surface area contributed by atoms with Crippen molar-refractivity contribution >= 4 is 11.6 Å². The molecule has 0 aromatic heterocycles. The van der Waals surface area contributed by atoms with Crippen molar-refractivity contribution in [1.29, 1.82) is 0 Å². The average Bonchev–Trinajstić information content (AvgIpc) is 2.48. The fourth-order valence-corrected chi connectivity index (χ4v) is 2.91. The molecule has 1 amide bonds. The van der Waals surface area contributed by atoms with Crippen LogP contribution in [0.15, 0.2) is 24.3 Å². The molecule has 0 saturated carbocycles. The largest absolute Gasteiger partial charge is 0.508 e. The molecule has 0 aliphatic heterocycles. The molecular formula is C20H33NO2. The Morgan fingerprint density at radius 1 is 1.00 bits per heavy atom. The molecule has 2 N–H and O–H groups in total. The summed E-state index contributed by atoms with van der Waals surface area (Å²) in [6.45, 7) is 15.2. The van der Waals surface area contributed by atoms with Gasteiger partial charge in [-0.1, -0.05) is 54.9 Å². The maximum Gasteiger partial charge on any atom is 0.230 e. The second-order valence-electron chi connectivity index (χ2n) is 8.27. The fraction of sp³-hybridized carbons (Fsp3) is 0.650. The number of phenols is 1. The van der Waals surface area contributed by atoms with E-state index in [1.807, 2.05) is 0 Å². The lowest BCUT2D eigenvalue weighted by Crippen LogP contribution is -2.47. The fourth-order valence-electron chi connectivity index (χ4n) is 2.91. The summed E-state index contributed by atoms with van der Waals surface area (Å²) in [7, 11) is 0. The minimum atomic E-state index is -0.473. The van der Waals surface area contributed by atoms with Crippen molar-refractivity contribution in [2.75, 3.05) is 5.32 Å². The minimum Gasteiger partial charge on any atom is -0.508 e. The summed E-state index contributed by atoms with van der Waals surface area (Å²) < 4.78 is 0. The Bertz CT molecular complexity index is 531. The summed E-state index contributed by atoms with van der Waals surface area (Å²) in [5, 5.41) is 12.4. The molecule has 23 heavy (non-hydrogen) atoms. The van der Waals surface area contributed by atoms with Crippen LogP contribution >= 0.6 is 0 Å². The van der Waals surface area contributed by atoms with Crippen molar-refractivity contribution in [2.24, 2.45) is 16.2 Å². The normalized spacial score (nSPS) is 15.1. The summed E-state index contributed by atoms with van der Waals surface area (Å²) in [6.07, 6.45) is 2.81. The molecular weight excluding hydrogens is 286 g/mol. The summed E-state index contributed by atoms with van der Waals surface area (Å²) in [4.78, 5) is 13.1. The van der Waals surface area contributed by atoms with E-state index < -0.39 is 5.41 Å². The molecule has 0 fully saturated rings. The zero-order valence-corrected chi connectivity index (χ0v) is 15.8. The maximum absolute atomic E-state index is 13.1. The first kappa shape index (κ1) is 19.5. The van der Waals surface area contributed by atoms with Crippen LogP contribution in [0.25, 0.3) is 0 Å². The van der Waals surface area contributed by atoms with Crippen molar-refractivity contribution in [3.8, 4) is 5.75 Å². The number of carbonyl (C=O) groups excluding carboxylic acids is 1. The third-order valence-corrected chi connectivity index (χ3v) is 5.79. The van der Waals surface area contributed by atoms with Gasteiger partial charge in [-0.05, 0) is 47.9 Å². The number of amides is 1. The van der Waals surface area contributed by atoms with Gasteiger partial charge in [0, 0.05) is 5.69 Å². The van der Waals surface area contributed by atoms with Crippen molar-refractivity contribution in [3.63, 3.8) is 0 Å². The van der Waals surface area contributed by atoms with Crippen molar-refractivity contribution in [1.82, 2.24) is 0 Å². The van der Waals surface area contributed by atoms with E-state index in [4.69, 9.17) is 0 Å². The number of aromatic hydroxyl groups is 1. The summed E-state index contributed by atoms with van der Waals surface area (Å²) in [5.41, 5.74) is 0.243. The van der Waals surface area contributed by atoms with Crippen LogP contribution in [0.3, 0.4) is 0 Å². The molecule has 1 aromatic carbocycles. The predicted molar refractivity (Wildman–Crippen MR) is 97.6 cm³/mol. The molecule has 3 heteroatoms. The molecule has 1 atom stereocenters. The lowest BCUT2D eigenvalue weighted by Gasteiger charge is -2.46. The van der Waals surface area contributed by atoms with Gasteiger partial charge >= 0.3 is 0 Å². The number of nitrogens with one attached hydrogen (secondary N) is 1. The number of rotatable bonds is 7. The lowest BCUT2D eigenvalue weighted by molar-refractivity contribution is -0.134. The van der Waals surface area contributed by atoms with E-state index in [0.717, 1.165) is 24.9 Å². The smallest absolute Gasteiger partial charge is 0.230 e. The number of hydrogen-bond acceptors (Lipinski definition) is 2. The van der Waals surface area contributed by atoms with Gasteiger partial charge in [-0.2, -0.15) is 0 Å². The van der Waals surface area contributed by atoms with Crippen molar-refractivity contribution in [3.05, 3.63) is 24.3 Å². The van der Waals surface area contributed by atoms with Crippen LogP contribution in [0.1, 0.15) is 67.7 Å². The van der Waals surface area contributed by atoms with Gasteiger partial charge in [0.2, 0.25) is 5.91 Å². The molecule has 0 bridgehead atoms. The van der Waals surface area contributed by atoms with Gasteiger partial charge in [0.25, 0.3) is 0 Å². The first-order valence-corrected chi connectivity index (χ1v) is 8.58. The van der Waals surface area contributed by atoms with Gasteiger partial charge in [-0.3, -0.25) is 4.79 Å². The molecule has 130 valence electrons. The highest BCUT2D eigenvalue weighted by atomic mass is 16.3. The molecule has 0 aliphatic rings. The third kappa shape index (κ3) is 4.49. The standard InChI is InChI=1S/C20H33NO2/c1-8-18(3,4)14-20(7,19(5,6)9-2)17(23)21-15-10-12-16(22)13-11-15/h10-13,22H,8-9,14H2,1-7H3,(H,21,23). The van der Waals surface area contributed by atoms with Crippen LogP contribution in [0.4, 0.5) is 5.69 Å². The number of carbonyl (C=O) groups is 1. The highest BCUT2D eigenvalue weighted by molar-refractivity contribution is 5.95. The lowest BCUT2D eigenvalue weighted by atomic mass is 9.58. The first-order valence-electron chi connectivity index (χ1n) is 8.58. The van der Waals surface area contributed by atoms with Gasteiger partial charge < -0.3 is 10.4 Å². The molecule has 0 heterocycles. The van der Waals surface area contributed by atoms with E-state index >= 15 is 0 Å². The Kier molecular flexibility index (Phi) is 5.89. The topological polar surface area (TPSA) is 49.3 Å². The molecule has 3 nitrogen and oxygen atoms in total. The number of hydrogen-bond donors (Lipinski definition) is 2. The molecule has 1 aromatic rings. The van der Waals surface area contributed by atoms with Crippen LogP contribution in [0.2, 0.25) is 0 Å². The molecule has 0 aliphatic carbocycles. The van der Waals surface area contributed by atoms with E-state index in [1.165, 1.54) is 0 Å². The highest BCUT2D eigenvalue weighted by Crippen LogP contribution is 2.50. The van der Waals surface area contributed by atoms with E-state index in [9.17, 15) is 9.90 Å². The Labute approximate surface area is 141 Å². The van der Waals surface area contributed by atoms with Crippen LogP contribution in [-0.2, 0) is 4.79 Å². The first-order chi connectivity index (χ1) is 10.5. The molecule has 0 saturated heterocycles. The SMILES string of the molecule is CCC(C)(C)CC(C)(C(=O)Nc1ccc(O)cc1)C(C)(C)CC. The van der Waals surface area contributed by atoms with Crippen LogP contribution in [0.5, 0.6) is 5.75 Å². The van der Waals surface area contributed by atoms with Crippen LogP contribution in [-0.4, -0.2) is 11.0 Å². The third-order valence-electron chi connectivity index (χ3n) is 5.79. The second kappa shape index (κ2) is 6.94. The summed E-state index contributed by atoms with van der Waals surface area (Å²) in [5.74, 6) is 0.253. The maximum atomic E-state index is 13.1.